The van der Waals surface area contributed by atoms with Crippen molar-refractivity contribution in [2.45, 2.75) is 27.2 Å². The first-order valence-electron chi connectivity index (χ1n) is 6.84. The molecule has 0 aliphatic rings. The lowest BCUT2D eigenvalue weighted by molar-refractivity contribution is 0.371. The van der Waals surface area contributed by atoms with Crippen LogP contribution in [0.5, 0.6) is 0 Å². The molecule has 0 bridgehead atoms. The van der Waals surface area contributed by atoms with Gasteiger partial charge in [-0.15, -0.1) is 0 Å². The minimum atomic E-state index is 0.688. The molecule has 0 fully saturated rings. The predicted octanol–water partition coefficient (Wildman–Crippen LogP) is 3.51. The van der Waals surface area contributed by atoms with Gasteiger partial charge in [-0.1, -0.05) is 32.0 Å². The summed E-state index contributed by atoms with van der Waals surface area (Å²) in [7, 11) is 2.04. The minimum absolute atomic E-state index is 0.688. The molecule has 0 radical (unpaired) electrons. The molecule has 1 aromatic carbocycles. The molecule has 0 saturated heterocycles. The third-order valence-electron chi connectivity index (χ3n) is 3.90. The number of rotatable bonds is 5. The maximum absolute atomic E-state index is 3.49. The molecule has 98 valence electrons. The van der Waals surface area contributed by atoms with Gasteiger partial charge in [0.2, 0.25) is 0 Å². The first-order valence-corrected chi connectivity index (χ1v) is 6.84. The summed E-state index contributed by atoms with van der Waals surface area (Å²) < 4.78 is 0. The number of aryl methyl sites for hydroxylation is 1. The van der Waals surface area contributed by atoms with Gasteiger partial charge in [0.05, 0.1) is 0 Å². The average molecular weight is 244 g/mol. The van der Waals surface area contributed by atoms with E-state index in [4.69, 9.17) is 0 Å². The van der Waals surface area contributed by atoms with Crippen molar-refractivity contribution in [1.82, 2.24) is 10.3 Å². The number of hydrogen-bond donors (Lipinski definition) is 2. The van der Waals surface area contributed by atoms with Gasteiger partial charge in [0.25, 0.3) is 0 Å². The van der Waals surface area contributed by atoms with Gasteiger partial charge in [-0.25, -0.2) is 0 Å². The van der Waals surface area contributed by atoms with E-state index in [-0.39, 0.29) is 0 Å². The smallest absolute Gasteiger partial charge is 0.0458 e. The van der Waals surface area contributed by atoms with E-state index < -0.39 is 0 Å². The maximum atomic E-state index is 3.49. The van der Waals surface area contributed by atoms with Gasteiger partial charge in [0.15, 0.2) is 0 Å². The van der Waals surface area contributed by atoms with Gasteiger partial charge in [-0.3, -0.25) is 0 Å². The molecule has 2 N–H and O–H groups in total. The summed E-state index contributed by atoms with van der Waals surface area (Å²) in [5.74, 6) is 1.39. The Morgan fingerprint density at radius 2 is 1.94 bits per heavy atom. The lowest BCUT2D eigenvalue weighted by Crippen LogP contribution is -2.25. The largest absolute Gasteiger partial charge is 0.358 e. The van der Waals surface area contributed by atoms with Gasteiger partial charge in [-0.05, 0) is 50.4 Å². The second-order valence-electron chi connectivity index (χ2n) is 5.54. The van der Waals surface area contributed by atoms with E-state index in [0.29, 0.717) is 11.8 Å². The molecule has 1 unspecified atom stereocenters. The third-order valence-corrected chi connectivity index (χ3v) is 3.90. The minimum Gasteiger partial charge on any atom is -0.358 e. The molecule has 0 spiro atoms. The topological polar surface area (TPSA) is 27.8 Å². The zero-order valence-electron chi connectivity index (χ0n) is 11.9. The Labute approximate surface area is 110 Å². The standard InChI is InChI=1S/C16H24N2/c1-11(2)13(10-17-4)9-15-12(3)18-16-8-6-5-7-14(15)16/h5-8,11,13,17-18H,9-10H2,1-4H3. The summed E-state index contributed by atoms with van der Waals surface area (Å²) in [6, 6.07) is 8.61. The zero-order chi connectivity index (χ0) is 13.1. The van der Waals surface area contributed by atoms with Crippen molar-refractivity contribution < 1.29 is 0 Å². The summed E-state index contributed by atoms with van der Waals surface area (Å²) in [4.78, 5) is 3.49. The quantitative estimate of drug-likeness (QED) is 0.827. The van der Waals surface area contributed by atoms with E-state index >= 15 is 0 Å². The molecule has 0 aliphatic carbocycles. The Morgan fingerprint density at radius 1 is 1.22 bits per heavy atom. The molecule has 2 rings (SSSR count). The van der Waals surface area contributed by atoms with Crippen LogP contribution in [0.1, 0.15) is 25.1 Å². The molecule has 1 aromatic heterocycles. The van der Waals surface area contributed by atoms with E-state index in [1.165, 1.54) is 22.2 Å². The Bertz CT molecular complexity index is 511. The van der Waals surface area contributed by atoms with E-state index in [2.05, 4.69) is 55.3 Å². The van der Waals surface area contributed by atoms with Gasteiger partial charge >= 0.3 is 0 Å². The Balaban J connectivity index is 2.32. The van der Waals surface area contributed by atoms with Crippen molar-refractivity contribution in [1.29, 1.82) is 0 Å². The van der Waals surface area contributed by atoms with Gasteiger partial charge < -0.3 is 10.3 Å². The molecule has 0 aliphatic heterocycles. The highest BCUT2D eigenvalue weighted by Gasteiger charge is 2.17. The number of fused-ring (bicyclic) bond motifs is 1. The monoisotopic (exact) mass is 244 g/mol. The van der Waals surface area contributed by atoms with Crippen LogP contribution in [-0.4, -0.2) is 18.6 Å². The second-order valence-corrected chi connectivity index (χ2v) is 5.54. The number of para-hydroxylation sites is 1. The van der Waals surface area contributed by atoms with Gasteiger partial charge in [-0.2, -0.15) is 0 Å². The Hall–Kier alpha value is -1.28. The summed E-state index contributed by atoms with van der Waals surface area (Å²) in [5, 5.41) is 4.70. The average Bonchev–Trinajstić information content (AvgIpc) is 2.65. The fourth-order valence-corrected chi connectivity index (χ4v) is 2.67. The van der Waals surface area contributed by atoms with Crippen LogP contribution in [0.4, 0.5) is 0 Å². The number of nitrogens with one attached hydrogen (secondary N) is 2. The molecule has 18 heavy (non-hydrogen) atoms. The SMILES string of the molecule is CNCC(Cc1c(C)[nH]c2ccccc12)C(C)C. The zero-order valence-corrected chi connectivity index (χ0v) is 11.9. The summed E-state index contributed by atoms with van der Waals surface area (Å²) in [5.41, 5.74) is 4.06. The highest BCUT2D eigenvalue weighted by atomic mass is 14.8. The molecular weight excluding hydrogens is 220 g/mol. The molecule has 0 saturated carbocycles. The van der Waals surface area contributed by atoms with Crippen LogP contribution >= 0.6 is 0 Å². The number of H-pyrrole nitrogens is 1. The fraction of sp³-hybridized carbons (Fsp3) is 0.500. The van der Waals surface area contributed by atoms with Crippen LogP contribution in [-0.2, 0) is 6.42 Å². The number of aromatic amines is 1. The molecule has 1 atom stereocenters. The second kappa shape index (κ2) is 5.57. The maximum Gasteiger partial charge on any atom is 0.0458 e. The van der Waals surface area contributed by atoms with E-state index in [1.807, 2.05) is 7.05 Å². The Morgan fingerprint density at radius 3 is 2.61 bits per heavy atom. The van der Waals surface area contributed by atoms with Crippen LogP contribution in [0.25, 0.3) is 10.9 Å². The summed E-state index contributed by atoms with van der Waals surface area (Å²) >= 11 is 0. The first kappa shape index (κ1) is 13.2. The van der Waals surface area contributed by atoms with Gasteiger partial charge in [0, 0.05) is 16.6 Å². The molecule has 2 heteroatoms. The van der Waals surface area contributed by atoms with Crippen molar-refractivity contribution >= 4 is 10.9 Å². The molecular formula is C16H24N2. The van der Waals surface area contributed by atoms with Crippen LogP contribution in [0.15, 0.2) is 24.3 Å². The number of aromatic nitrogens is 1. The normalized spacial score (nSPS) is 13.4. The van der Waals surface area contributed by atoms with Crippen LogP contribution in [0.3, 0.4) is 0 Å². The molecule has 2 aromatic rings. The third kappa shape index (κ3) is 2.59. The molecule has 0 amide bonds. The lowest BCUT2D eigenvalue weighted by atomic mass is 9.88. The first-order chi connectivity index (χ1) is 8.63. The van der Waals surface area contributed by atoms with Crippen molar-refractivity contribution in [3.63, 3.8) is 0 Å². The highest BCUT2D eigenvalue weighted by molar-refractivity contribution is 5.84. The van der Waals surface area contributed by atoms with Crippen LogP contribution < -0.4 is 5.32 Å². The predicted molar refractivity (Wildman–Crippen MR) is 79.0 cm³/mol. The van der Waals surface area contributed by atoms with Crippen LogP contribution in [0.2, 0.25) is 0 Å². The number of benzene rings is 1. The van der Waals surface area contributed by atoms with E-state index in [1.54, 1.807) is 0 Å². The lowest BCUT2D eigenvalue weighted by Gasteiger charge is -2.20. The molecule has 2 nitrogen and oxygen atoms in total. The van der Waals surface area contributed by atoms with E-state index in [0.717, 1.165) is 13.0 Å². The van der Waals surface area contributed by atoms with Crippen molar-refractivity contribution in [3.05, 3.63) is 35.5 Å². The van der Waals surface area contributed by atoms with E-state index in [9.17, 15) is 0 Å². The summed E-state index contributed by atoms with van der Waals surface area (Å²) in [6.45, 7) is 7.89. The van der Waals surface area contributed by atoms with Gasteiger partial charge in [0.1, 0.15) is 0 Å². The molecule has 1 heterocycles. The van der Waals surface area contributed by atoms with Crippen molar-refractivity contribution in [3.8, 4) is 0 Å². The van der Waals surface area contributed by atoms with Crippen LogP contribution in [0, 0.1) is 18.8 Å². The Kier molecular flexibility index (Phi) is 4.07. The van der Waals surface area contributed by atoms with Crippen molar-refractivity contribution in [2.75, 3.05) is 13.6 Å². The fourth-order valence-electron chi connectivity index (χ4n) is 2.67. The number of hydrogen-bond acceptors (Lipinski definition) is 1. The van der Waals surface area contributed by atoms with Crippen molar-refractivity contribution in [2.24, 2.45) is 11.8 Å². The highest BCUT2D eigenvalue weighted by Crippen LogP contribution is 2.26. The summed E-state index contributed by atoms with van der Waals surface area (Å²) in [6.07, 6.45) is 1.15.